The molecule has 0 atom stereocenters. The standard InChI is InChI=1S/C15H11ClFN3S/c16-11-2-1-3-13(8-11)18-15-20-19-14(9-21-15)10-4-6-12(17)7-5-10/h1-8H,9H2,(H,18,20). The van der Waals surface area contributed by atoms with Gasteiger partial charge in [0.05, 0.1) is 11.4 Å². The van der Waals surface area contributed by atoms with Crippen LogP contribution in [0.15, 0.2) is 58.6 Å². The Morgan fingerprint density at radius 2 is 2.00 bits per heavy atom. The summed E-state index contributed by atoms with van der Waals surface area (Å²) in [6.07, 6.45) is 0. The Morgan fingerprint density at radius 1 is 1.19 bits per heavy atom. The van der Waals surface area contributed by atoms with Gasteiger partial charge < -0.3 is 0 Å². The van der Waals surface area contributed by atoms with Crippen molar-refractivity contribution in [1.29, 1.82) is 0 Å². The molecule has 3 nitrogen and oxygen atoms in total. The van der Waals surface area contributed by atoms with Gasteiger partial charge in [0.25, 0.3) is 0 Å². The highest BCUT2D eigenvalue weighted by Crippen LogP contribution is 2.21. The van der Waals surface area contributed by atoms with Crippen LogP contribution in [-0.2, 0) is 0 Å². The van der Waals surface area contributed by atoms with Gasteiger partial charge in [0, 0.05) is 10.8 Å². The van der Waals surface area contributed by atoms with Gasteiger partial charge in [-0.2, -0.15) is 5.10 Å². The molecule has 2 aromatic rings. The van der Waals surface area contributed by atoms with E-state index in [-0.39, 0.29) is 5.82 Å². The van der Waals surface area contributed by atoms with Gasteiger partial charge in [0.1, 0.15) is 5.82 Å². The average molecular weight is 320 g/mol. The van der Waals surface area contributed by atoms with Crippen molar-refractivity contribution in [3.63, 3.8) is 0 Å². The van der Waals surface area contributed by atoms with Crippen molar-refractivity contribution in [3.8, 4) is 0 Å². The Labute approximate surface area is 130 Å². The van der Waals surface area contributed by atoms with Crippen molar-refractivity contribution in [2.75, 3.05) is 5.75 Å². The van der Waals surface area contributed by atoms with E-state index in [2.05, 4.69) is 15.5 Å². The van der Waals surface area contributed by atoms with Gasteiger partial charge >= 0.3 is 0 Å². The quantitative estimate of drug-likeness (QED) is 0.900. The van der Waals surface area contributed by atoms with E-state index in [1.807, 2.05) is 12.1 Å². The highest BCUT2D eigenvalue weighted by atomic mass is 35.5. The van der Waals surface area contributed by atoms with E-state index < -0.39 is 0 Å². The lowest BCUT2D eigenvalue weighted by atomic mass is 10.1. The smallest absolute Gasteiger partial charge is 0.182 e. The van der Waals surface area contributed by atoms with Crippen LogP contribution < -0.4 is 5.43 Å². The number of nitrogens with one attached hydrogen (secondary N) is 1. The molecule has 0 aliphatic carbocycles. The number of thioether (sulfide) groups is 1. The second-order valence-corrected chi connectivity index (χ2v) is 5.76. The first-order valence-corrected chi connectivity index (χ1v) is 7.63. The van der Waals surface area contributed by atoms with Gasteiger partial charge in [-0.3, -0.25) is 5.43 Å². The number of nitrogens with zero attached hydrogens (tertiary/aromatic N) is 2. The third-order valence-corrected chi connectivity index (χ3v) is 3.96. The Kier molecular flexibility index (Phi) is 4.22. The zero-order chi connectivity index (χ0) is 14.7. The zero-order valence-electron chi connectivity index (χ0n) is 10.9. The second kappa shape index (κ2) is 6.28. The average Bonchev–Trinajstić information content (AvgIpc) is 2.49. The van der Waals surface area contributed by atoms with E-state index >= 15 is 0 Å². The van der Waals surface area contributed by atoms with Crippen molar-refractivity contribution in [2.24, 2.45) is 10.1 Å². The first-order valence-electron chi connectivity index (χ1n) is 6.26. The van der Waals surface area contributed by atoms with Crippen LogP contribution in [0.1, 0.15) is 5.56 Å². The van der Waals surface area contributed by atoms with E-state index in [0.717, 1.165) is 17.0 Å². The summed E-state index contributed by atoms with van der Waals surface area (Å²) in [6, 6.07) is 13.6. The van der Waals surface area contributed by atoms with E-state index in [1.54, 1.807) is 36.0 Å². The molecule has 1 heterocycles. The predicted molar refractivity (Wildman–Crippen MR) is 87.1 cm³/mol. The van der Waals surface area contributed by atoms with Crippen molar-refractivity contribution in [2.45, 2.75) is 0 Å². The van der Waals surface area contributed by atoms with Crippen molar-refractivity contribution >= 4 is 39.9 Å². The largest absolute Gasteiger partial charge is 0.255 e. The van der Waals surface area contributed by atoms with Gasteiger partial charge in [-0.15, -0.1) is 0 Å². The molecule has 0 unspecified atom stereocenters. The Hall–Kier alpha value is -1.85. The molecule has 0 bridgehead atoms. The molecule has 0 saturated heterocycles. The Bertz CT molecular complexity index is 713. The fourth-order valence-electron chi connectivity index (χ4n) is 1.83. The van der Waals surface area contributed by atoms with Crippen LogP contribution in [0.4, 0.5) is 10.1 Å². The van der Waals surface area contributed by atoms with Gasteiger partial charge in [-0.05, 0) is 35.9 Å². The molecule has 21 heavy (non-hydrogen) atoms. The SMILES string of the molecule is Fc1ccc(C2=NNC(=Nc3cccc(Cl)c3)SC2)cc1. The molecule has 106 valence electrons. The fraction of sp³-hybridized carbons (Fsp3) is 0.0667. The third kappa shape index (κ3) is 3.62. The Morgan fingerprint density at radius 3 is 2.67 bits per heavy atom. The second-order valence-electron chi connectivity index (χ2n) is 4.36. The van der Waals surface area contributed by atoms with E-state index in [0.29, 0.717) is 15.9 Å². The summed E-state index contributed by atoms with van der Waals surface area (Å²) in [5.74, 6) is 0.428. The topological polar surface area (TPSA) is 36.8 Å². The van der Waals surface area contributed by atoms with Crippen LogP contribution in [0, 0.1) is 5.82 Å². The van der Waals surface area contributed by atoms with Crippen LogP contribution in [-0.4, -0.2) is 16.6 Å². The zero-order valence-corrected chi connectivity index (χ0v) is 12.5. The highest BCUT2D eigenvalue weighted by Gasteiger charge is 2.13. The monoisotopic (exact) mass is 319 g/mol. The summed E-state index contributed by atoms with van der Waals surface area (Å²) in [4.78, 5) is 4.44. The highest BCUT2D eigenvalue weighted by molar-refractivity contribution is 8.14. The number of halogens is 2. The Balaban J connectivity index is 1.75. The van der Waals surface area contributed by atoms with Crippen LogP contribution >= 0.6 is 23.4 Å². The lowest BCUT2D eigenvalue weighted by Gasteiger charge is -2.14. The van der Waals surface area contributed by atoms with Gasteiger partial charge in [-0.1, -0.05) is 41.6 Å². The maximum Gasteiger partial charge on any atom is 0.182 e. The number of hydrogen-bond acceptors (Lipinski definition) is 3. The van der Waals surface area contributed by atoms with Crippen LogP contribution in [0.2, 0.25) is 5.02 Å². The van der Waals surface area contributed by atoms with Crippen LogP contribution in [0.5, 0.6) is 0 Å². The summed E-state index contributed by atoms with van der Waals surface area (Å²) < 4.78 is 12.9. The molecule has 1 N–H and O–H groups in total. The molecule has 0 fully saturated rings. The summed E-state index contributed by atoms with van der Waals surface area (Å²) in [7, 11) is 0. The minimum absolute atomic E-state index is 0.251. The fourth-order valence-corrected chi connectivity index (χ4v) is 2.80. The first-order chi connectivity index (χ1) is 10.2. The summed E-state index contributed by atoms with van der Waals surface area (Å²) >= 11 is 7.47. The van der Waals surface area contributed by atoms with Gasteiger partial charge in [0.2, 0.25) is 0 Å². The van der Waals surface area contributed by atoms with Crippen molar-refractivity contribution < 1.29 is 4.39 Å². The summed E-state index contributed by atoms with van der Waals surface area (Å²) in [5, 5.41) is 5.65. The van der Waals surface area contributed by atoms with Crippen molar-refractivity contribution in [1.82, 2.24) is 5.43 Å². The molecular formula is C15H11ClFN3S. The van der Waals surface area contributed by atoms with E-state index in [1.165, 1.54) is 12.1 Å². The molecule has 1 aliphatic rings. The number of amidine groups is 1. The number of benzene rings is 2. The molecule has 0 radical (unpaired) electrons. The van der Waals surface area contributed by atoms with E-state index in [4.69, 9.17) is 11.6 Å². The van der Waals surface area contributed by atoms with Gasteiger partial charge in [-0.25, -0.2) is 9.38 Å². The minimum Gasteiger partial charge on any atom is -0.255 e. The lowest BCUT2D eigenvalue weighted by molar-refractivity contribution is 0.628. The van der Waals surface area contributed by atoms with Gasteiger partial charge in [0.15, 0.2) is 5.17 Å². The molecule has 0 amide bonds. The molecule has 0 saturated carbocycles. The molecule has 6 heteroatoms. The van der Waals surface area contributed by atoms with E-state index in [9.17, 15) is 4.39 Å². The van der Waals surface area contributed by atoms with Crippen LogP contribution in [0.25, 0.3) is 0 Å². The minimum atomic E-state index is -0.251. The molecular weight excluding hydrogens is 309 g/mol. The number of rotatable bonds is 2. The van der Waals surface area contributed by atoms with Crippen LogP contribution in [0.3, 0.4) is 0 Å². The number of hydrogen-bond donors (Lipinski definition) is 1. The number of aliphatic imine (C=N–C) groups is 1. The summed E-state index contributed by atoms with van der Waals surface area (Å²) in [5.41, 5.74) is 5.46. The molecule has 1 aliphatic heterocycles. The normalized spacial score (nSPS) is 16.5. The molecule has 2 aromatic carbocycles. The first kappa shape index (κ1) is 14.1. The third-order valence-electron chi connectivity index (χ3n) is 2.85. The molecule has 3 rings (SSSR count). The lowest BCUT2D eigenvalue weighted by Crippen LogP contribution is -2.25. The summed E-state index contributed by atoms with van der Waals surface area (Å²) in [6.45, 7) is 0. The number of hydrazone groups is 1. The maximum absolute atomic E-state index is 12.9. The maximum atomic E-state index is 12.9. The van der Waals surface area contributed by atoms with Crippen molar-refractivity contribution in [3.05, 3.63) is 64.9 Å². The molecule has 0 aromatic heterocycles. The predicted octanol–water partition coefficient (Wildman–Crippen LogP) is 4.21. The molecule has 0 spiro atoms.